The number of nitrogens with one attached hydrogen (secondary N) is 1. The van der Waals surface area contributed by atoms with E-state index in [9.17, 15) is 4.79 Å². The van der Waals surface area contributed by atoms with Crippen molar-refractivity contribution in [1.29, 1.82) is 0 Å². The standard InChI is InChI=1S/C19H22BrClN2O/c1-3-23(16-8-5-14(2)6-9-16)12-4-11-22-19(24)17-13-15(20)7-10-18(17)21/h5-10,13H,3-4,11-12H2,1-2H3,(H,22,24). The van der Waals surface area contributed by atoms with E-state index in [0.717, 1.165) is 24.0 Å². The smallest absolute Gasteiger partial charge is 0.252 e. The van der Waals surface area contributed by atoms with Crippen molar-refractivity contribution in [2.45, 2.75) is 20.3 Å². The molecule has 1 N–H and O–H groups in total. The van der Waals surface area contributed by atoms with Gasteiger partial charge in [-0.3, -0.25) is 4.79 Å². The van der Waals surface area contributed by atoms with Gasteiger partial charge in [-0.15, -0.1) is 0 Å². The second-order valence-corrected chi connectivity index (χ2v) is 6.97. The minimum Gasteiger partial charge on any atom is -0.372 e. The van der Waals surface area contributed by atoms with Crippen molar-refractivity contribution in [3.63, 3.8) is 0 Å². The highest BCUT2D eigenvalue weighted by atomic mass is 79.9. The topological polar surface area (TPSA) is 32.3 Å². The van der Waals surface area contributed by atoms with Crippen LogP contribution in [0.2, 0.25) is 5.02 Å². The van der Waals surface area contributed by atoms with Crippen LogP contribution in [0.15, 0.2) is 46.9 Å². The SMILES string of the molecule is CCN(CCCNC(=O)c1cc(Br)ccc1Cl)c1ccc(C)cc1. The summed E-state index contributed by atoms with van der Waals surface area (Å²) in [7, 11) is 0. The Morgan fingerprint density at radius 3 is 2.58 bits per heavy atom. The second kappa shape index (κ2) is 9.09. The largest absolute Gasteiger partial charge is 0.372 e. The van der Waals surface area contributed by atoms with Gasteiger partial charge in [0.1, 0.15) is 0 Å². The molecule has 2 rings (SSSR count). The number of nitrogens with zero attached hydrogens (tertiary/aromatic N) is 1. The number of benzene rings is 2. The number of hydrogen-bond donors (Lipinski definition) is 1. The summed E-state index contributed by atoms with van der Waals surface area (Å²) >= 11 is 9.44. The molecule has 0 fully saturated rings. The van der Waals surface area contributed by atoms with Gasteiger partial charge in [-0.2, -0.15) is 0 Å². The molecule has 0 atom stereocenters. The van der Waals surface area contributed by atoms with Gasteiger partial charge in [-0.05, 0) is 50.6 Å². The molecule has 0 saturated carbocycles. The Morgan fingerprint density at radius 1 is 1.21 bits per heavy atom. The molecular weight excluding hydrogens is 388 g/mol. The van der Waals surface area contributed by atoms with Crippen molar-refractivity contribution in [3.8, 4) is 0 Å². The summed E-state index contributed by atoms with van der Waals surface area (Å²) in [5.41, 5.74) is 2.97. The fourth-order valence-corrected chi connectivity index (χ4v) is 3.03. The lowest BCUT2D eigenvalue weighted by Gasteiger charge is -2.23. The molecule has 2 aromatic rings. The first-order chi connectivity index (χ1) is 11.5. The van der Waals surface area contributed by atoms with Gasteiger partial charge in [0.2, 0.25) is 0 Å². The van der Waals surface area contributed by atoms with Crippen molar-refractivity contribution >= 4 is 39.1 Å². The maximum absolute atomic E-state index is 12.2. The van der Waals surface area contributed by atoms with E-state index in [4.69, 9.17) is 11.6 Å². The third-order valence-corrected chi connectivity index (χ3v) is 4.67. The molecule has 0 saturated heterocycles. The first-order valence-electron chi connectivity index (χ1n) is 8.06. The number of halogens is 2. The molecule has 1 amide bonds. The van der Waals surface area contributed by atoms with Gasteiger partial charge in [-0.25, -0.2) is 0 Å². The number of carbonyl (C=O) groups is 1. The number of aryl methyl sites for hydroxylation is 1. The zero-order valence-electron chi connectivity index (χ0n) is 14.0. The maximum atomic E-state index is 12.2. The van der Waals surface area contributed by atoms with E-state index < -0.39 is 0 Å². The van der Waals surface area contributed by atoms with Crippen LogP contribution in [0.1, 0.15) is 29.3 Å². The van der Waals surface area contributed by atoms with Crippen LogP contribution in [0.4, 0.5) is 5.69 Å². The second-order valence-electron chi connectivity index (χ2n) is 5.65. The minimum atomic E-state index is -0.139. The van der Waals surface area contributed by atoms with Crippen LogP contribution in [0.5, 0.6) is 0 Å². The molecule has 3 nitrogen and oxygen atoms in total. The van der Waals surface area contributed by atoms with Crippen LogP contribution in [0.25, 0.3) is 0 Å². The van der Waals surface area contributed by atoms with E-state index in [0.29, 0.717) is 17.1 Å². The van der Waals surface area contributed by atoms with E-state index in [1.165, 1.54) is 11.3 Å². The fourth-order valence-electron chi connectivity index (χ4n) is 2.46. The van der Waals surface area contributed by atoms with E-state index in [1.54, 1.807) is 12.1 Å². The minimum absolute atomic E-state index is 0.139. The number of amides is 1. The molecule has 24 heavy (non-hydrogen) atoms. The predicted octanol–water partition coefficient (Wildman–Crippen LogP) is 5.06. The molecule has 128 valence electrons. The predicted molar refractivity (Wildman–Crippen MR) is 105 cm³/mol. The summed E-state index contributed by atoms with van der Waals surface area (Å²) in [4.78, 5) is 14.5. The van der Waals surface area contributed by atoms with E-state index in [-0.39, 0.29) is 5.91 Å². The van der Waals surface area contributed by atoms with Crippen LogP contribution >= 0.6 is 27.5 Å². The van der Waals surface area contributed by atoms with Gasteiger partial charge < -0.3 is 10.2 Å². The average molecular weight is 410 g/mol. The summed E-state index contributed by atoms with van der Waals surface area (Å²) in [6.07, 6.45) is 0.874. The highest BCUT2D eigenvalue weighted by molar-refractivity contribution is 9.10. The van der Waals surface area contributed by atoms with E-state index >= 15 is 0 Å². The Labute approximate surface area is 157 Å². The molecule has 0 aliphatic heterocycles. The van der Waals surface area contributed by atoms with Crippen LogP contribution in [0.3, 0.4) is 0 Å². The van der Waals surface area contributed by atoms with Gasteiger partial charge in [0.15, 0.2) is 0 Å². The first kappa shape index (κ1) is 18.8. The molecule has 0 bridgehead atoms. The van der Waals surface area contributed by atoms with Crippen LogP contribution < -0.4 is 10.2 Å². The van der Waals surface area contributed by atoms with Gasteiger partial charge in [0.05, 0.1) is 10.6 Å². The zero-order valence-corrected chi connectivity index (χ0v) is 16.3. The number of anilines is 1. The molecule has 0 aliphatic carbocycles. The molecule has 0 spiro atoms. The van der Waals surface area contributed by atoms with Crippen molar-refractivity contribution in [1.82, 2.24) is 5.32 Å². The quantitative estimate of drug-likeness (QED) is 0.648. The molecule has 0 aromatic heterocycles. The highest BCUT2D eigenvalue weighted by Crippen LogP contribution is 2.21. The van der Waals surface area contributed by atoms with Gasteiger partial charge in [0, 0.05) is 29.8 Å². The van der Waals surface area contributed by atoms with Gasteiger partial charge in [0.25, 0.3) is 5.91 Å². The fraction of sp³-hybridized carbons (Fsp3) is 0.316. The Bertz CT molecular complexity index is 688. The normalized spacial score (nSPS) is 10.5. The van der Waals surface area contributed by atoms with Crippen molar-refractivity contribution < 1.29 is 4.79 Å². The van der Waals surface area contributed by atoms with Crippen LogP contribution in [-0.2, 0) is 0 Å². The molecule has 0 unspecified atom stereocenters. The highest BCUT2D eigenvalue weighted by Gasteiger charge is 2.10. The summed E-state index contributed by atoms with van der Waals surface area (Å²) < 4.78 is 0.841. The Hall–Kier alpha value is -1.52. The molecular formula is C19H22BrClN2O. The number of carbonyl (C=O) groups excluding carboxylic acids is 1. The summed E-state index contributed by atoms with van der Waals surface area (Å²) in [5.74, 6) is -0.139. The van der Waals surface area contributed by atoms with E-state index in [2.05, 4.69) is 64.3 Å². The molecule has 5 heteroatoms. The molecule has 0 heterocycles. The lowest BCUT2D eigenvalue weighted by Crippen LogP contribution is -2.30. The maximum Gasteiger partial charge on any atom is 0.252 e. The lowest BCUT2D eigenvalue weighted by atomic mass is 10.2. The summed E-state index contributed by atoms with van der Waals surface area (Å²) in [6.45, 7) is 6.67. The van der Waals surface area contributed by atoms with Crippen molar-refractivity contribution in [3.05, 3.63) is 63.1 Å². The van der Waals surface area contributed by atoms with Gasteiger partial charge >= 0.3 is 0 Å². The first-order valence-corrected chi connectivity index (χ1v) is 9.23. The Morgan fingerprint density at radius 2 is 1.92 bits per heavy atom. The van der Waals surface area contributed by atoms with E-state index in [1.807, 2.05) is 6.07 Å². The van der Waals surface area contributed by atoms with Crippen LogP contribution in [-0.4, -0.2) is 25.5 Å². The monoisotopic (exact) mass is 408 g/mol. The number of rotatable bonds is 7. The summed E-state index contributed by atoms with van der Waals surface area (Å²) in [6, 6.07) is 13.8. The summed E-state index contributed by atoms with van der Waals surface area (Å²) in [5, 5.41) is 3.40. The van der Waals surface area contributed by atoms with Crippen LogP contribution in [0, 0.1) is 6.92 Å². The zero-order chi connectivity index (χ0) is 17.5. The third kappa shape index (κ3) is 5.25. The lowest BCUT2D eigenvalue weighted by molar-refractivity contribution is 0.0953. The van der Waals surface area contributed by atoms with Crippen molar-refractivity contribution in [2.24, 2.45) is 0 Å². The average Bonchev–Trinajstić information content (AvgIpc) is 2.58. The molecule has 0 aliphatic rings. The molecule has 0 radical (unpaired) electrons. The van der Waals surface area contributed by atoms with Crippen molar-refractivity contribution in [2.75, 3.05) is 24.5 Å². The Balaban J connectivity index is 1.84. The number of hydrogen-bond acceptors (Lipinski definition) is 2. The Kier molecular flexibility index (Phi) is 7.13. The van der Waals surface area contributed by atoms with Gasteiger partial charge in [-0.1, -0.05) is 45.2 Å². The molecule has 2 aromatic carbocycles. The third-order valence-electron chi connectivity index (χ3n) is 3.84.